The third-order valence-corrected chi connectivity index (χ3v) is 3.93. The molecule has 0 radical (unpaired) electrons. The van der Waals surface area contributed by atoms with Crippen LogP contribution in [0, 0.1) is 0 Å². The molecule has 5 nitrogen and oxygen atoms in total. The van der Waals surface area contributed by atoms with Crippen LogP contribution in [-0.4, -0.2) is 43.3 Å². The second-order valence-corrected chi connectivity index (χ2v) is 5.41. The number of nitrogens with zero attached hydrogens (tertiary/aromatic N) is 4. The van der Waals surface area contributed by atoms with Crippen LogP contribution in [0.15, 0.2) is 36.5 Å². The van der Waals surface area contributed by atoms with Crippen LogP contribution in [0.1, 0.15) is 5.69 Å². The minimum atomic E-state index is -4.46. The standard InChI is InChI=1S/C16H17F3N4O/c1-24-13-4-2-12(3-5-13)22-8-10-23(11-9-22)15-20-7-6-14(21-15)16(17,18)19/h2-7H,8-11H2,1H3. The van der Waals surface area contributed by atoms with Crippen LogP contribution < -0.4 is 14.5 Å². The molecule has 0 aliphatic carbocycles. The molecule has 1 aliphatic rings. The molecule has 0 amide bonds. The number of alkyl halides is 3. The maximum absolute atomic E-state index is 12.8. The molecule has 3 rings (SSSR count). The van der Waals surface area contributed by atoms with E-state index < -0.39 is 11.9 Å². The van der Waals surface area contributed by atoms with Gasteiger partial charge in [-0.3, -0.25) is 0 Å². The monoisotopic (exact) mass is 338 g/mol. The number of rotatable bonds is 3. The summed E-state index contributed by atoms with van der Waals surface area (Å²) >= 11 is 0. The summed E-state index contributed by atoms with van der Waals surface area (Å²) in [6.07, 6.45) is -3.30. The fourth-order valence-corrected chi connectivity index (χ4v) is 2.62. The molecule has 0 unspecified atom stereocenters. The van der Waals surface area contributed by atoms with Gasteiger partial charge in [0.2, 0.25) is 5.95 Å². The normalized spacial score (nSPS) is 15.5. The first-order valence-electron chi connectivity index (χ1n) is 7.51. The van der Waals surface area contributed by atoms with Crippen LogP contribution in [0.25, 0.3) is 0 Å². The molecule has 1 fully saturated rings. The molecule has 128 valence electrons. The number of benzene rings is 1. The van der Waals surface area contributed by atoms with Crippen molar-refractivity contribution in [3.05, 3.63) is 42.2 Å². The number of hydrogen-bond donors (Lipinski definition) is 0. The predicted octanol–water partition coefficient (Wildman–Crippen LogP) is 2.83. The van der Waals surface area contributed by atoms with Gasteiger partial charge in [-0.05, 0) is 30.3 Å². The molecule has 2 heterocycles. The van der Waals surface area contributed by atoms with E-state index in [9.17, 15) is 13.2 Å². The fourth-order valence-electron chi connectivity index (χ4n) is 2.62. The van der Waals surface area contributed by atoms with E-state index in [1.807, 2.05) is 24.3 Å². The summed E-state index contributed by atoms with van der Waals surface area (Å²) in [4.78, 5) is 11.6. The molecule has 1 aromatic heterocycles. The molecular formula is C16H17F3N4O. The van der Waals surface area contributed by atoms with E-state index in [0.29, 0.717) is 26.2 Å². The number of piperazine rings is 1. The molecule has 24 heavy (non-hydrogen) atoms. The first kappa shape index (κ1) is 16.4. The minimum Gasteiger partial charge on any atom is -0.497 e. The highest BCUT2D eigenvalue weighted by atomic mass is 19.4. The van der Waals surface area contributed by atoms with E-state index in [1.54, 1.807) is 12.0 Å². The highest BCUT2D eigenvalue weighted by molar-refractivity contribution is 5.50. The van der Waals surface area contributed by atoms with Gasteiger partial charge in [-0.15, -0.1) is 0 Å². The highest BCUT2D eigenvalue weighted by Gasteiger charge is 2.33. The Morgan fingerprint density at radius 2 is 1.58 bits per heavy atom. The first-order valence-corrected chi connectivity index (χ1v) is 7.51. The van der Waals surface area contributed by atoms with Crippen molar-refractivity contribution in [3.63, 3.8) is 0 Å². The Bertz CT molecular complexity index is 682. The van der Waals surface area contributed by atoms with Crippen molar-refractivity contribution in [2.45, 2.75) is 6.18 Å². The van der Waals surface area contributed by atoms with E-state index >= 15 is 0 Å². The second-order valence-electron chi connectivity index (χ2n) is 5.41. The number of anilines is 2. The summed E-state index contributed by atoms with van der Waals surface area (Å²) in [5.41, 5.74) is 0.144. The van der Waals surface area contributed by atoms with E-state index in [4.69, 9.17) is 4.74 Å². The Morgan fingerprint density at radius 1 is 0.958 bits per heavy atom. The third kappa shape index (κ3) is 3.52. The van der Waals surface area contributed by atoms with E-state index in [-0.39, 0.29) is 5.95 Å². The average Bonchev–Trinajstić information content (AvgIpc) is 2.61. The summed E-state index contributed by atoms with van der Waals surface area (Å²) in [7, 11) is 1.61. The molecule has 8 heteroatoms. The molecule has 0 atom stereocenters. The van der Waals surface area contributed by atoms with Gasteiger partial charge in [0, 0.05) is 38.1 Å². The van der Waals surface area contributed by atoms with Crippen molar-refractivity contribution >= 4 is 11.6 Å². The van der Waals surface area contributed by atoms with Gasteiger partial charge >= 0.3 is 6.18 Å². The Kier molecular flexibility index (Phi) is 4.46. The van der Waals surface area contributed by atoms with Crippen LogP contribution in [-0.2, 0) is 6.18 Å². The van der Waals surface area contributed by atoms with E-state index in [1.165, 1.54) is 0 Å². The van der Waals surface area contributed by atoms with Crippen molar-refractivity contribution in [2.75, 3.05) is 43.1 Å². The molecule has 0 bridgehead atoms. The molecule has 1 saturated heterocycles. The molecule has 0 N–H and O–H groups in total. The number of aromatic nitrogens is 2. The fraction of sp³-hybridized carbons (Fsp3) is 0.375. The van der Waals surface area contributed by atoms with Crippen molar-refractivity contribution in [3.8, 4) is 5.75 Å². The van der Waals surface area contributed by atoms with Crippen molar-refractivity contribution in [1.29, 1.82) is 0 Å². The lowest BCUT2D eigenvalue weighted by Crippen LogP contribution is -2.47. The summed E-state index contributed by atoms with van der Waals surface area (Å²) in [5.74, 6) is 0.911. The van der Waals surface area contributed by atoms with E-state index in [0.717, 1.165) is 23.7 Å². The molecule has 1 aliphatic heterocycles. The quantitative estimate of drug-likeness (QED) is 0.861. The van der Waals surface area contributed by atoms with Crippen LogP contribution in [0.3, 0.4) is 0 Å². The third-order valence-electron chi connectivity index (χ3n) is 3.93. The Morgan fingerprint density at radius 3 is 2.17 bits per heavy atom. The number of methoxy groups -OCH3 is 1. The highest BCUT2D eigenvalue weighted by Crippen LogP contribution is 2.28. The lowest BCUT2D eigenvalue weighted by molar-refractivity contribution is -0.141. The Labute approximate surface area is 137 Å². The van der Waals surface area contributed by atoms with E-state index in [2.05, 4.69) is 14.9 Å². The largest absolute Gasteiger partial charge is 0.497 e. The maximum Gasteiger partial charge on any atom is 0.433 e. The van der Waals surface area contributed by atoms with Gasteiger partial charge in [-0.2, -0.15) is 13.2 Å². The summed E-state index contributed by atoms with van der Waals surface area (Å²) in [6.45, 7) is 2.50. The van der Waals surface area contributed by atoms with Crippen LogP contribution in [0.5, 0.6) is 5.75 Å². The SMILES string of the molecule is COc1ccc(N2CCN(c3nccc(C(F)(F)F)n3)CC2)cc1. The zero-order chi connectivity index (χ0) is 17.2. The van der Waals surface area contributed by atoms with Gasteiger partial charge in [-0.1, -0.05) is 0 Å². The van der Waals surface area contributed by atoms with Crippen molar-refractivity contribution in [1.82, 2.24) is 9.97 Å². The topological polar surface area (TPSA) is 41.5 Å². The molecule has 1 aromatic carbocycles. The predicted molar refractivity (Wildman–Crippen MR) is 84.5 cm³/mol. The number of hydrogen-bond acceptors (Lipinski definition) is 5. The van der Waals surface area contributed by atoms with Crippen LogP contribution in [0.2, 0.25) is 0 Å². The van der Waals surface area contributed by atoms with Crippen molar-refractivity contribution < 1.29 is 17.9 Å². The Hall–Kier alpha value is -2.51. The van der Waals surface area contributed by atoms with Crippen molar-refractivity contribution in [2.24, 2.45) is 0 Å². The lowest BCUT2D eigenvalue weighted by Gasteiger charge is -2.36. The molecule has 2 aromatic rings. The van der Waals surface area contributed by atoms with Crippen LogP contribution >= 0.6 is 0 Å². The number of ether oxygens (including phenoxy) is 1. The van der Waals surface area contributed by atoms with Gasteiger partial charge in [0.25, 0.3) is 0 Å². The zero-order valence-electron chi connectivity index (χ0n) is 13.1. The minimum absolute atomic E-state index is 0.124. The number of halogens is 3. The zero-order valence-corrected chi connectivity index (χ0v) is 13.1. The van der Waals surface area contributed by atoms with Gasteiger partial charge in [0.1, 0.15) is 11.4 Å². The first-order chi connectivity index (χ1) is 11.5. The smallest absolute Gasteiger partial charge is 0.433 e. The Balaban J connectivity index is 1.66. The van der Waals surface area contributed by atoms with Gasteiger partial charge in [0.15, 0.2) is 0 Å². The summed E-state index contributed by atoms with van der Waals surface area (Å²) in [6, 6.07) is 8.59. The lowest BCUT2D eigenvalue weighted by atomic mass is 10.2. The molecule has 0 saturated carbocycles. The summed E-state index contributed by atoms with van der Waals surface area (Å²) < 4.78 is 43.4. The van der Waals surface area contributed by atoms with Gasteiger partial charge in [0.05, 0.1) is 7.11 Å². The van der Waals surface area contributed by atoms with Crippen LogP contribution in [0.4, 0.5) is 24.8 Å². The molecule has 0 spiro atoms. The van der Waals surface area contributed by atoms with Gasteiger partial charge in [-0.25, -0.2) is 9.97 Å². The maximum atomic E-state index is 12.8. The second kappa shape index (κ2) is 6.54. The summed E-state index contributed by atoms with van der Waals surface area (Å²) in [5, 5.41) is 0. The average molecular weight is 338 g/mol. The molecular weight excluding hydrogens is 321 g/mol. The van der Waals surface area contributed by atoms with Gasteiger partial charge < -0.3 is 14.5 Å².